The fourth-order valence-electron chi connectivity index (χ4n) is 2.02. The lowest BCUT2D eigenvalue weighted by Gasteiger charge is -2.05. The maximum absolute atomic E-state index is 12.1. The molecule has 7 nitrogen and oxygen atoms in total. The van der Waals surface area contributed by atoms with Crippen LogP contribution in [0.4, 0.5) is 11.9 Å². The highest BCUT2D eigenvalue weighted by Crippen LogP contribution is 2.15. The summed E-state index contributed by atoms with van der Waals surface area (Å²) in [6.45, 7) is 1.15. The van der Waals surface area contributed by atoms with Crippen LogP contribution in [0.25, 0.3) is 0 Å². The van der Waals surface area contributed by atoms with Gasteiger partial charge in [-0.15, -0.1) is 27.8 Å². The number of carbonyl (C=O) groups is 1. The lowest BCUT2D eigenvalue weighted by atomic mass is 10.5. The highest BCUT2D eigenvalue weighted by atomic mass is 32.1. The summed E-state index contributed by atoms with van der Waals surface area (Å²) in [6.07, 6.45) is 0. The molecule has 0 spiro atoms. The summed E-state index contributed by atoms with van der Waals surface area (Å²) >= 11 is 3.29. The van der Waals surface area contributed by atoms with E-state index in [9.17, 15) is 4.79 Å². The van der Waals surface area contributed by atoms with Crippen LogP contribution in [-0.2, 0) is 17.8 Å². The molecule has 24 heavy (non-hydrogen) atoms. The van der Waals surface area contributed by atoms with Crippen molar-refractivity contribution in [3.05, 3.63) is 44.8 Å². The van der Waals surface area contributed by atoms with Crippen LogP contribution >= 0.6 is 22.7 Å². The fraction of sp³-hybridized carbons (Fsp3) is 0.267. The second kappa shape index (κ2) is 8.04. The molecule has 0 bridgehead atoms. The lowest BCUT2D eigenvalue weighted by Crippen LogP contribution is -2.20. The number of hydrogen-bond acceptors (Lipinski definition) is 8. The Hall–Kier alpha value is -2.23. The van der Waals surface area contributed by atoms with E-state index in [0.29, 0.717) is 25.0 Å². The standard InChI is InChI=1S/C15H17N5O2S2/c1-22-10-13(21)20-15(17-9-12-5-3-7-24-12)18-14(19-20)16-8-11-4-2-6-23-11/h2-7H,8-10H2,1H3,(H2,16,17,18,19). The molecule has 0 aliphatic rings. The molecule has 0 atom stereocenters. The number of carbonyl (C=O) groups excluding carboxylic acids is 1. The molecule has 0 saturated carbocycles. The molecule has 0 aromatic carbocycles. The van der Waals surface area contributed by atoms with E-state index >= 15 is 0 Å². The van der Waals surface area contributed by atoms with Crippen molar-refractivity contribution in [3.63, 3.8) is 0 Å². The van der Waals surface area contributed by atoms with Crippen molar-refractivity contribution >= 4 is 40.5 Å². The van der Waals surface area contributed by atoms with Gasteiger partial charge in [0.2, 0.25) is 11.9 Å². The summed E-state index contributed by atoms with van der Waals surface area (Å²) in [5.41, 5.74) is 0. The average Bonchev–Trinajstić information content (AvgIpc) is 3.32. The average molecular weight is 363 g/mol. The van der Waals surface area contributed by atoms with E-state index in [1.807, 2.05) is 35.0 Å². The first kappa shape index (κ1) is 16.6. The second-order valence-electron chi connectivity index (χ2n) is 4.86. The van der Waals surface area contributed by atoms with Gasteiger partial charge >= 0.3 is 0 Å². The molecule has 3 aromatic heterocycles. The zero-order chi connectivity index (χ0) is 16.8. The highest BCUT2D eigenvalue weighted by molar-refractivity contribution is 7.10. The molecule has 0 aliphatic carbocycles. The Morgan fingerprint density at radius 3 is 2.42 bits per heavy atom. The SMILES string of the molecule is COCC(=O)n1nc(NCc2cccs2)nc1NCc1cccs1. The number of anilines is 2. The summed E-state index contributed by atoms with van der Waals surface area (Å²) < 4.78 is 6.15. The molecule has 0 saturated heterocycles. The number of aromatic nitrogens is 3. The topological polar surface area (TPSA) is 81.1 Å². The zero-order valence-electron chi connectivity index (χ0n) is 13.1. The van der Waals surface area contributed by atoms with Crippen molar-refractivity contribution in [2.24, 2.45) is 0 Å². The summed E-state index contributed by atoms with van der Waals surface area (Å²) in [6, 6.07) is 8.02. The van der Waals surface area contributed by atoms with Crippen molar-refractivity contribution in [2.75, 3.05) is 24.4 Å². The Balaban J connectivity index is 1.72. The Kier molecular flexibility index (Phi) is 5.57. The van der Waals surface area contributed by atoms with Gasteiger partial charge in [0, 0.05) is 16.9 Å². The van der Waals surface area contributed by atoms with Crippen LogP contribution in [0.3, 0.4) is 0 Å². The Bertz CT molecular complexity index is 768. The number of nitrogens with zero attached hydrogens (tertiary/aromatic N) is 3. The fourth-order valence-corrected chi connectivity index (χ4v) is 3.31. The minimum absolute atomic E-state index is 0.0542. The van der Waals surface area contributed by atoms with Gasteiger partial charge in [-0.25, -0.2) is 0 Å². The van der Waals surface area contributed by atoms with Crippen molar-refractivity contribution in [2.45, 2.75) is 13.1 Å². The van der Waals surface area contributed by atoms with Crippen LogP contribution < -0.4 is 10.6 Å². The van der Waals surface area contributed by atoms with E-state index in [-0.39, 0.29) is 12.5 Å². The molecule has 9 heteroatoms. The van der Waals surface area contributed by atoms with Crippen LogP contribution in [0.1, 0.15) is 14.5 Å². The second-order valence-corrected chi connectivity index (χ2v) is 6.93. The van der Waals surface area contributed by atoms with Gasteiger partial charge in [-0.1, -0.05) is 12.1 Å². The van der Waals surface area contributed by atoms with Gasteiger partial charge in [0.15, 0.2) is 0 Å². The van der Waals surface area contributed by atoms with Gasteiger partial charge in [0.05, 0.1) is 13.1 Å². The van der Waals surface area contributed by atoms with Crippen molar-refractivity contribution in [1.82, 2.24) is 14.8 Å². The quantitative estimate of drug-likeness (QED) is 0.640. The molecule has 2 N–H and O–H groups in total. The van der Waals surface area contributed by atoms with Crippen molar-refractivity contribution < 1.29 is 9.53 Å². The molecule has 3 aromatic rings. The minimum atomic E-state index is -0.275. The van der Waals surface area contributed by atoms with Gasteiger partial charge in [0.25, 0.3) is 5.91 Å². The van der Waals surface area contributed by atoms with Crippen molar-refractivity contribution in [3.8, 4) is 0 Å². The largest absolute Gasteiger partial charge is 0.375 e. The molecule has 0 radical (unpaired) electrons. The van der Waals surface area contributed by atoms with Crippen LogP contribution in [0.2, 0.25) is 0 Å². The van der Waals surface area contributed by atoms with E-state index in [1.165, 1.54) is 16.7 Å². The van der Waals surface area contributed by atoms with Crippen LogP contribution in [0.5, 0.6) is 0 Å². The normalized spacial score (nSPS) is 10.7. The number of hydrogen-bond donors (Lipinski definition) is 2. The molecule has 3 heterocycles. The first-order valence-corrected chi connectivity index (χ1v) is 9.04. The lowest BCUT2D eigenvalue weighted by molar-refractivity contribution is 0.0748. The number of rotatable bonds is 8. The number of methoxy groups -OCH3 is 1. The van der Waals surface area contributed by atoms with Gasteiger partial charge in [-0.05, 0) is 22.9 Å². The smallest absolute Gasteiger partial charge is 0.276 e. The predicted octanol–water partition coefficient (Wildman–Crippen LogP) is 2.91. The van der Waals surface area contributed by atoms with Gasteiger partial charge < -0.3 is 15.4 Å². The Labute approximate surface area is 147 Å². The molecule has 3 rings (SSSR count). The monoisotopic (exact) mass is 363 g/mol. The van der Waals surface area contributed by atoms with Gasteiger partial charge in [0.1, 0.15) is 6.61 Å². The van der Waals surface area contributed by atoms with Crippen LogP contribution in [0.15, 0.2) is 35.0 Å². The van der Waals surface area contributed by atoms with Crippen LogP contribution in [0, 0.1) is 0 Å². The van der Waals surface area contributed by atoms with E-state index in [2.05, 4.69) is 20.7 Å². The molecule has 0 amide bonds. The molecular weight excluding hydrogens is 346 g/mol. The summed E-state index contributed by atoms with van der Waals surface area (Å²) in [4.78, 5) is 18.8. The highest BCUT2D eigenvalue weighted by Gasteiger charge is 2.16. The van der Waals surface area contributed by atoms with E-state index in [0.717, 1.165) is 4.88 Å². The minimum Gasteiger partial charge on any atom is -0.375 e. The van der Waals surface area contributed by atoms with Gasteiger partial charge in [-0.3, -0.25) is 4.79 Å². The van der Waals surface area contributed by atoms with Crippen LogP contribution in [-0.4, -0.2) is 34.4 Å². The van der Waals surface area contributed by atoms with E-state index < -0.39 is 0 Å². The molecule has 0 fully saturated rings. The summed E-state index contributed by atoms with van der Waals surface area (Å²) in [7, 11) is 1.48. The molecule has 0 aliphatic heterocycles. The van der Waals surface area contributed by atoms with E-state index in [4.69, 9.17) is 4.74 Å². The maximum Gasteiger partial charge on any atom is 0.276 e. The zero-order valence-corrected chi connectivity index (χ0v) is 14.7. The summed E-state index contributed by atoms with van der Waals surface area (Å²) in [5, 5.41) is 14.5. The molecular formula is C15H17N5O2S2. The Morgan fingerprint density at radius 2 is 1.83 bits per heavy atom. The summed E-state index contributed by atoms with van der Waals surface area (Å²) in [5.74, 6) is 0.531. The van der Waals surface area contributed by atoms with Gasteiger partial charge in [-0.2, -0.15) is 9.67 Å². The number of nitrogens with one attached hydrogen (secondary N) is 2. The first-order valence-electron chi connectivity index (χ1n) is 7.28. The number of ether oxygens (including phenoxy) is 1. The first-order chi connectivity index (χ1) is 11.8. The number of thiophene rings is 2. The van der Waals surface area contributed by atoms with Crippen molar-refractivity contribution in [1.29, 1.82) is 0 Å². The maximum atomic E-state index is 12.1. The molecule has 0 unspecified atom stereocenters. The third-order valence-electron chi connectivity index (χ3n) is 3.11. The Morgan fingerprint density at radius 1 is 1.17 bits per heavy atom. The van der Waals surface area contributed by atoms with E-state index in [1.54, 1.807) is 22.7 Å². The predicted molar refractivity (Wildman–Crippen MR) is 95.8 cm³/mol. The molecule has 126 valence electrons. The third kappa shape index (κ3) is 4.19. The third-order valence-corrected chi connectivity index (χ3v) is 4.87.